The van der Waals surface area contributed by atoms with Crippen LogP contribution in [-0.2, 0) is 0 Å². The van der Waals surface area contributed by atoms with Crippen molar-refractivity contribution in [3.8, 4) is 11.5 Å². The van der Waals surface area contributed by atoms with Crippen LogP contribution in [0.2, 0.25) is 0 Å². The minimum absolute atomic E-state index is 0.000764. The molecule has 6 nitrogen and oxygen atoms in total. The number of aromatic hydroxyl groups is 2. The van der Waals surface area contributed by atoms with Crippen LogP contribution in [0.3, 0.4) is 0 Å². The molecule has 4 rings (SSSR count). The molecule has 2 aliphatic carbocycles. The van der Waals surface area contributed by atoms with E-state index >= 15 is 0 Å². The van der Waals surface area contributed by atoms with E-state index < -0.39 is 28.9 Å². The standard InChI is InChI=1S/C22H14O6/c1-9-5-11-16(25)8-13(21(27)20(11)17(26)6-9)18-10(2)7-12-14(23)3-4-15(24)19(12)22(18)28/h3-8,26,28H,1-2H3. The van der Waals surface area contributed by atoms with Crippen molar-refractivity contribution in [1.29, 1.82) is 0 Å². The van der Waals surface area contributed by atoms with Gasteiger partial charge in [0.15, 0.2) is 23.1 Å². The van der Waals surface area contributed by atoms with Crippen molar-refractivity contribution in [3.63, 3.8) is 0 Å². The average molecular weight is 374 g/mol. The molecular formula is C22H14O6. The second-order valence-electron chi connectivity index (χ2n) is 6.86. The zero-order valence-electron chi connectivity index (χ0n) is 15.0. The number of Topliss-reactive ketones (excluding diaryl/α,β-unsaturated/α-hetero) is 1. The fourth-order valence-electron chi connectivity index (χ4n) is 3.70. The van der Waals surface area contributed by atoms with E-state index in [1.807, 2.05) is 0 Å². The lowest BCUT2D eigenvalue weighted by molar-refractivity contribution is 0.0991. The van der Waals surface area contributed by atoms with Crippen LogP contribution in [0.25, 0.3) is 5.57 Å². The first-order chi connectivity index (χ1) is 13.2. The van der Waals surface area contributed by atoms with Gasteiger partial charge in [0.1, 0.15) is 11.5 Å². The van der Waals surface area contributed by atoms with Gasteiger partial charge in [0.2, 0.25) is 0 Å². The van der Waals surface area contributed by atoms with Crippen molar-refractivity contribution < 1.29 is 29.4 Å². The van der Waals surface area contributed by atoms with Crippen molar-refractivity contribution in [2.45, 2.75) is 13.8 Å². The average Bonchev–Trinajstić information content (AvgIpc) is 2.61. The lowest BCUT2D eigenvalue weighted by Gasteiger charge is -2.21. The van der Waals surface area contributed by atoms with Crippen LogP contribution >= 0.6 is 0 Å². The third kappa shape index (κ3) is 2.35. The molecule has 0 radical (unpaired) electrons. The van der Waals surface area contributed by atoms with E-state index in [1.54, 1.807) is 13.8 Å². The summed E-state index contributed by atoms with van der Waals surface area (Å²) in [6.07, 6.45) is 3.26. The summed E-state index contributed by atoms with van der Waals surface area (Å²) in [5.41, 5.74) is 0.618. The summed E-state index contributed by atoms with van der Waals surface area (Å²) in [6, 6.07) is 4.30. The van der Waals surface area contributed by atoms with Gasteiger partial charge in [0.05, 0.1) is 11.1 Å². The van der Waals surface area contributed by atoms with E-state index in [0.717, 1.165) is 18.2 Å². The molecule has 0 saturated carbocycles. The molecule has 0 atom stereocenters. The van der Waals surface area contributed by atoms with E-state index in [-0.39, 0.29) is 39.1 Å². The van der Waals surface area contributed by atoms with E-state index in [9.17, 15) is 29.4 Å². The molecule has 2 aliphatic rings. The van der Waals surface area contributed by atoms with Gasteiger partial charge in [-0.3, -0.25) is 19.2 Å². The summed E-state index contributed by atoms with van der Waals surface area (Å²) in [5, 5.41) is 21.0. The SMILES string of the molecule is Cc1cc(O)c2c(c1)C(=O)C=C(c1c(C)cc3c(c1O)C(=O)C=CC3=O)C2=O. The molecule has 2 aromatic carbocycles. The Morgan fingerprint density at radius 2 is 1.36 bits per heavy atom. The highest BCUT2D eigenvalue weighted by molar-refractivity contribution is 6.40. The van der Waals surface area contributed by atoms with Gasteiger partial charge in [-0.05, 0) is 61.4 Å². The van der Waals surface area contributed by atoms with E-state index in [2.05, 4.69) is 0 Å². The number of fused-ring (bicyclic) bond motifs is 2. The third-order valence-corrected chi connectivity index (χ3v) is 4.94. The number of allylic oxidation sites excluding steroid dienone is 4. The molecule has 28 heavy (non-hydrogen) atoms. The molecule has 0 unspecified atom stereocenters. The summed E-state index contributed by atoms with van der Waals surface area (Å²) in [7, 11) is 0. The molecule has 0 amide bonds. The fourth-order valence-corrected chi connectivity index (χ4v) is 3.70. The third-order valence-electron chi connectivity index (χ3n) is 4.94. The van der Waals surface area contributed by atoms with Crippen molar-refractivity contribution in [3.05, 3.63) is 75.4 Å². The van der Waals surface area contributed by atoms with Crippen LogP contribution in [0.1, 0.15) is 58.1 Å². The summed E-state index contributed by atoms with van der Waals surface area (Å²) in [4.78, 5) is 49.9. The fraction of sp³-hybridized carbons (Fsp3) is 0.0909. The zero-order valence-corrected chi connectivity index (χ0v) is 15.0. The van der Waals surface area contributed by atoms with Crippen molar-refractivity contribution in [2.24, 2.45) is 0 Å². The van der Waals surface area contributed by atoms with Gasteiger partial charge in [0, 0.05) is 22.3 Å². The van der Waals surface area contributed by atoms with Crippen LogP contribution in [-0.4, -0.2) is 33.3 Å². The van der Waals surface area contributed by atoms with Crippen LogP contribution in [0.5, 0.6) is 11.5 Å². The van der Waals surface area contributed by atoms with Gasteiger partial charge >= 0.3 is 0 Å². The highest BCUT2D eigenvalue weighted by atomic mass is 16.3. The maximum Gasteiger partial charge on any atom is 0.198 e. The molecular weight excluding hydrogens is 360 g/mol. The number of aryl methyl sites for hydroxylation is 2. The van der Waals surface area contributed by atoms with Gasteiger partial charge in [-0.15, -0.1) is 0 Å². The van der Waals surface area contributed by atoms with E-state index in [0.29, 0.717) is 11.1 Å². The van der Waals surface area contributed by atoms with Gasteiger partial charge in [0.25, 0.3) is 0 Å². The molecule has 0 bridgehead atoms. The number of rotatable bonds is 1. The lowest BCUT2D eigenvalue weighted by Crippen LogP contribution is -2.19. The smallest absolute Gasteiger partial charge is 0.198 e. The van der Waals surface area contributed by atoms with Crippen LogP contribution in [0.15, 0.2) is 36.4 Å². The summed E-state index contributed by atoms with van der Waals surface area (Å²) in [5.74, 6) is -3.00. The molecule has 6 heteroatoms. The first-order valence-corrected chi connectivity index (χ1v) is 8.48. The van der Waals surface area contributed by atoms with Crippen LogP contribution < -0.4 is 0 Å². The summed E-state index contributed by atoms with van der Waals surface area (Å²) < 4.78 is 0. The number of phenols is 2. The van der Waals surface area contributed by atoms with Gasteiger partial charge < -0.3 is 10.2 Å². The first-order valence-electron chi connectivity index (χ1n) is 8.48. The Morgan fingerprint density at radius 1 is 0.714 bits per heavy atom. The minimum atomic E-state index is -0.643. The van der Waals surface area contributed by atoms with Gasteiger partial charge in [-0.1, -0.05) is 0 Å². The molecule has 2 aromatic rings. The van der Waals surface area contributed by atoms with Crippen molar-refractivity contribution in [2.75, 3.05) is 0 Å². The number of ketones is 4. The highest BCUT2D eigenvalue weighted by Crippen LogP contribution is 2.41. The highest BCUT2D eigenvalue weighted by Gasteiger charge is 2.34. The maximum atomic E-state index is 13.1. The first kappa shape index (κ1) is 17.6. The second-order valence-corrected chi connectivity index (χ2v) is 6.86. The van der Waals surface area contributed by atoms with E-state index in [1.165, 1.54) is 18.2 Å². The Morgan fingerprint density at radius 3 is 2.07 bits per heavy atom. The largest absolute Gasteiger partial charge is 0.507 e. The Kier molecular flexibility index (Phi) is 3.68. The van der Waals surface area contributed by atoms with Crippen LogP contribution in [0, 0.1) is 13.8 Å². The van der Waals surface area contributed by atoms with Gasteiger partial charge in [-0.2, -0.15) is 0 Å². The maximum absolute atomic E-state index is 13.1. The molecule has 0 aromatic heterocycles. The molecule has 0 saturated heterocycles. The molecule has 2 N–H and O–H groups in total. The van der Waals surface area contributed by atoms with Gasteiger partial charge in [-0.25, -0.2) is 0 Å². The summed E-state index contributed by atoms with van der Waals surface area (Å²) >= 11 is 0. The quantitative estimate of drug-likeness (QED) is 0.794. The van der Waals surface area contributed by atoms with E-state index in [4.69, 9.17) is 0 Å². The Labute approximate surface area is 159 Å². The molecule has 0 heterocycles. The molecule has 0 fully saturated rings. The molecule has 0 aliphatic heterocycles. The topological polar surface area (TPSA) is 109 Å². The molecule has 0 spiro atoms. The Balaban J connectivity index is 1.98. The molecule has 138 valence electrons. The number of phenolic OH excluding ortho intramolecular Hbond substituents is 2. The predicted molar refractivity (Wildman–Crippen MR) is 100 cm³/mol. The lowest BCUT2D eigenvalue weighted by atomic mass is 9.80. The second kappa shape index (κ2) is 5.85. The van der Waals surface area contributed by atoms with Crippen LogP contribution in [0.4, 0.5) is 0 Å². The number of hydrogen-bond donors (Lipinski definition) is 2. The number of carbonyl (C=O) groups is 4. The monoisotopic (exact) mass is 374 g/mol. The number of hydrogen-bond acceptors (Lipinski definition) is 6. The Bertz CT molecular complexity index is 1210. The van der Waals surface area contributed by atoms with Crippen molar-refractivity contribution in [1.82, 2.24) is 0 Å². The minimum Gasteiger partial charge on any atom is -0.507 e. The summed E-state index contributed by atoms with van der Waals surface area (Å²) in [6.45, 7) is 3.25. The Hall–Kier alpha value is -3.80. The predicted octanol–water partition coefficient (Wildman–Crippen LogP) is 3.11. The number of carbonyl (C=O) groups excluding carboxylic acids is 4. The number of benzene rings is 2. The normalized spacial score (nSPS) is 15.4. The van der Waals surface area contributed by atoms with Crippen molar-refractivity contribution >= 4 is 28.7 Å². The zero-order chi connectivity index (χ0) is 20.3.